The summed E-state index contributed by atoms with van der Waals surface area (Å²) in [6.45, 7) is 1.47. The van der Waals surface area contributed by atoms with E-state index in [1.54, 1.807) is 24.3 Å². The van der Waals surface area contributed by atoms with Gasteiger partial charge in [-0.3, -0.25) is 4.79 Å². The summed E-state index contributed by atoms with van der Waals surface area (Å²) < 4.78 is 1.50. The number of hydrogen-bond acceptors (Lipinski definition) is 5. The zero-order valence-corrected chi connectivity index (χ0v) is 11.7. The van der Waals surface area contributed by atoms with Crippen molar-refractivity contribution in [3.63, 3.8) is 0 Å². The lowest BCUT2D eigenvalue weighted by Gasteiger charge is -2.21. The van der Waals surface area contributed by atoms with Crippen molar-refractivity contribution in [1.29, 1.82) is 0 Å². The molecule has 1 atom stereocenters. The minimum atomic E-state index is -1.03. The van der Waals surface area contributed by atoms with Gasteiger partial charge in [0.25, 0.3) is 0 Å². The van der Waals surface area contributed by atoms with E-state index in [4.69, 9.17) is 5.11 Å². The maximum Gasteiger partial charge on any atom is 0.326 e. The van der Waals surface area contributed by atoms with Crippen LogP contribution in [0.15, 0.2) is 30.6 Å². The molecule has 21 heavy (non-hydrogen) atoms. The molecule has 1 unspecified atom stereocenters. The van der Waals surface area contributed by atoms with Crippen molar-refractivity contribution in [2.75, 3.05) is 7.05 Å². The Morgan fingerprint density at radius 2 is 2.00 bits per heavy atom. The molecule has 0 saturated carbocycles. The first-order chi connectivity index (χ1) is 9.99. The van der Waals surface area contributed by atoms with Crippen LogP contribution in [0.2, 0.25) is 0 Å². The van der Waals surface area contributed by atoms with Crippen LogP contribution in [0, 0.1) is 0 Å². The minimum Gasteiger partial charge on any atom is -0.480 e. The number of tetrazole rings is 1. The fourth-order valence-corrected chi connectivity index (χ4v) is 1.73. The Hall–Kier alpha value is -2.77. The van der Waals surface area contributed by atoms with Crippen molar-refractivity contribution in [2.45, 2.75) is 19.4 Å². The number of carbonyl (C=O) groups is 2. The van der Waals surface area contributed by atoms with Crippen LogP contribution in [0.1, 0.15) is 12.5 Å². The molecule has 0 bridgehead atoms. The van der Waals surface area contributed by atoms with Crippen LogP contribution in [-0.2, 0) is 16.0 Å². The molecule has 1 aromatic carbocycles. The van der Waals surface area contributed by atoms with E-state index < -0.39 is 12.0 Å². The molecule has 0 aliphatic heterocycles. The molecule has 0 aliphatic carbocycles. The average molecular weight is 289 g/mol. The Morgan fingerprint density at radius 3 is 2.52 bits per heavy atom. The van der Waals surface area contributed by atoms with Gasteiger partial charge in [-0.25, -0.2) is 9.48 Å². The maximum atomic E-state index is 12.0. The highest BCUT2D eigenvalue weighted by atomic mass is 16.4. The molecule has 8 heteroatoms. The van der Waals surface area contributed by atoms with E-state index in [2.05, 4.69) is 15.5 Å². The Kier molecular flexibility index (Phi) is 4.27. The topological polar surface area (TPSA) is 101 Å². The van der Waals surface area contributed by atoms with Crippen LogP contribution in [0.4, 0.5) is 0 Å². The van der Waals surface area contributed by atoms with E-state index >= 15 is 0 Å². The fourth-order valence-electron chi connectivity index (χ4n) is 1.73. The molecule has 1 amide bonds. The molecule has 0 spiro atoms. The van der Waals surface area contributed by atoms with E-state index in [1.165, 1.54) is 29.9 Å². The van der Waals surface area contributed by atoms with Gasteiger partial charge in [0.2, 0.25) is 5.91 Å². The number of aliphatic carboxylic acids is 1. The quantitative estimate of drug-likeness (QED) is 0.840. The number of rotatable bonds is 5. The van der Waals surface area contributed by atoms with E-state index in [-0.39, 0.29) is 12.3 Å². The summed E-state index contributed by atoms with van der Waals surface area (Å²) >= 11 is 0. The molecular formula is C13H15N5O3. The molecule has 1 N–H and O–H groups in total. The molecule has 2 aromatic rings. The maximum absolute atomic E-state index is 12.0. The second-order valence-corrected chi connectivity index (χ2v) is 4.62. The summed E-state index contributed by atoms with van der Waals surface area (Å²) in [5.41, 5.74) is 1.57. The monoisotopic (exact) mass is 289 g/mol. The molecule has 1 heterocycles. The highest BCUT2D eigenvalue weighted by Gasteiger charge is 2.21. The van der Waals surface area contributed by atoms with Crippen molar-refractivity contribution in [3.05, 3.63) is 36.2 Å². The van der Waals surface area contributed by atoms with Crippen LogP contribution < -0.4 is 0 Å². The third-order valence-corrected chi connectivity index (χ3v) is 3.24. The van der Waals surface area contributed by atoms with Crippen LogP contribution in [0.3, 0.4) is 0 Å². The lowest BCUT2D eigenvalue weighted by Crippen LogP contribution is -2.41. The molecule has 0 fully saturated rings. The van der Waals surface area contributed by atoms with Crippen molar-refractivity contribution < 1.29 is 14.7 Å². The summed E-state index contributed by atoms with van der Waals surface area (Å²) in [7, 11) is 1.48. The van der Waals surface area contributed by atoms with Crippen molar-refractivity contribution in [1.82, 2.24) is 25.1 Å². The van der Waals surface area contributed by atoms with Crippen molar-refractivity contribution in [3.8, 4) is 5.69 Å². The fraction of sp³-hybridized carbons (Fsp3) is 0.308. The van der Waals surface area contributed by atoms with Crippen LogP contribution >= 0.6 is 0 Å². The van der Waals surface area contributed by atoms with E-state index in [1.807, 2.05) is 0 Å². The van der Waals surface area contributed by atoms with Gasteiger partial charge < -0.3 is 10.0 Å². The lowest BCUT2D eigenvalue weighted by atomic mass is 10.1. The van der Waals surface area contributed by atoms with E-state index in [0.29, 0.717) is 0 Å². The molecule has 110 valence electrons. The van der Waals surface area contributed by atoms with Gasteiger partial charge in [-0.1, -0.05) is 12.1 Å². The Balaban J connectivity index is 2.03. The van der Waals surface area contributed by atoms with Gasteiger partial charge in [0.15, 0.2) is 0 Å². The highest BCUT2D eigenvalue weighted by molar-refractivity contribution is 5.84. The van der Waals surface area contributed by atoms with E-state index in [9.17, 15) is 9.59 Å². The van der Waals surface area contributed by atoms with Gasteiger partial charge in [0.05, 0.1) is 12.1 Å². The zero-order chi connectivity index (χ0) is 15.4. The lowest BCUT2D eigenvalue weighted by molar-refractivity contribution is -0.147. The van der Waals surface area contributed by atoms with Gasteiger partial charge in [-0.05, 0) is 35.0 Å². The molecule has 0 radical (unpaired) electrons. The minimum absolute atomic E-state index is 0.143. The Morgan fingerprint density at radius 1 is 1.33 bits per heavy atom. The smallest absolute Gasteiger partial charge is 0.326 e. The first-order valence-corrected chi connectivity index (χ1v) is 6.30. The molecule has 0 aliphatic rings. The summed E-state index contributed by atoms with van der Waals surface area (Å²) in [5, 5.41) is 19.7. The number of hydrogen-bond donors (Lipinski definition) is 1. The first-order valence-electron chi connectivity index (χ1n) is 6.30. The van der Waals surface area contributed by atoms with Gasteiger partial charge in [-0.2, -0.15) is 0 Å². The van der Waals surface area contributed by atoms with Gasteiger partial charge >= 0.3 is 5.97 Å². The number of likely N-dealkylation sites (N-methyl/N-ethyl adjacent to an activating group) is 1. The summed E-state index contributed by atoms with van der Waals surface area (Å²) in [5.74, 6) is -1.28. The number of aromatic nitrogens is 4. The van der Waals surface area contributed by atoms with Crippen molar-refractivity contribution in [2.24, 2.45) is 0 Å². The predicted octanol–water partition coefficient (Wildman–Crippen LogP) is 0.136. The summed E-state index contributed by atoms with van der Waals surface area (Å²) in [4.78, 5) is 24.1. The number of nitrogens with zero attached hydrogens (tertiary/aromatic N) is 5. The SMILES string of the molecule is CC(C(=O)O)N(C)C(=O)Cc1ccc(-n2cnnn2)cc1. The van der Waals surface area contributed by atoms with Gasteiger partial charge in [-0.15, -0.1) is 5.10 Å². The van der Waals surface area contributed by atoms with Crippen LogP contribution in [0.5, 0.6) is 0 Å². The highest BCUT2D eigenvalue weighted by Crippen LogP contribution is 2.10. The largest absolute Gasteiger partial charge is 0.480 e. The Labute approximate surface area is 121 Å². The number of benzene rings is 1. The molecule has 8 nitrogen and oxygen atoms in total. The first kappa shape index (κ1) is 14.6. The van der Waals surface area contributed by atoms with Gasteiger partial charge in [0, 0.05) is 7.05 Å². The number of carboxylic acid groups (broad SMARTS) is 1. The number of carboxylic acids is 1. The average Bonchev–Trinajstić information content (AvgIpc) is 3.00. The summed E-state index contributed by atoms with van der Waals surface area (Å²) in [6, 6.07) is 6.31. The normalized spacial score (nSPS) is 11.9. The molecule has 0 saturated heterocycles. The predicted molar refractivity (Wildman–Crippen MR) is 72.7 cm³/mol. The number of amides is 1. The number of carbonyl (C=O) groups excluding carboxylic acids is 1. The Bertz CT molecular complexity index is 624. The summed E-state index contributed by atoms with van der Waals surface area (Å²) in [6.07, 6.45) is 1.62. The van der Waals surface area contributed by atoms with Crippen LogP contribution in [0.25, 0.3) is 5.69 Å². The zero-order valence-electron chi connectivity index (χ0n) is 11.7. The molecule has 2 rings (SSSR count). The third-order valence-electron chi connectivity index (χ3n) is 3.24. The van der Waals surface area contributed by atoms with Crippen molar-refractivity contribution >= 4 is 11.9 Å². The second-order valence-electron chi connectivity index (χ2n) is 4.62. The van der Waals surface area contributed by atoms with Crippen LogP contribution in [-0.4, -0.2) is 55.2 Å². The van der Waals surface area contributed by atoms with Gasteiger partial charge in [0.1, 0.15) is 12.4 Å². The standard InChI is InChI=1S/C13H15N5O3/c1-9(13(20)21)17(2)12(19)7-10-3-5-11(6-4-10)18-8-14-15-16-18/h3-6,8-9H,7H2,1-2H3,(H,20,21). The molecule has 1 aromatic heterocycles. The third kappa shape index (κ3) is 3.41. The van der Waals surface area contributed by atoms with E-state index in [0.717, 1.165) is 11.3 Å². The second kappa shape index (κ2) is 6.12. The molecular weight excluding hydrogens is 274 g/mol.